The standard InChI is InChI=1S/C11H12ClNO5S/c1-7(11(15)16)13-10(14)6-19(17,18)9-4-2-8(12)3-5-9/h2-5,7H,6H2,1H3,(H,13,14)(H,15,16). The zero-order valence-corrected chi connectivity index (χ0v) is 11.5. The molecule has 2 N–H and O–H groups in total. The zero-order valence-electron chi connectivity index (χ0n) is 9.96. The Kier molecular flexibility index (Phi) is 4.90. The van der Waals surface area contributed by atoms with E-state index in [9.17, 15) is 18.0 Å². The first kappa shape index (κ1) is 15.5. The van der Waals surface area contributed by atoms with Crippen molar-refractivity contribution < 1.29 is 23.1 Å². The van der Waals surface area contributed by atoms with Crippen molar-refractivity contribution in [3.8, 4) is 0 Å². The summed E-state index contributed by atoms with van der Waals surface area (Å²) in [6.45, 7) is 1.25. The highest BCUT2D eigenvalue weighted by Crippen LogP contribution is 2.15. The number of aliphatic carboxylic acids is 1. The van der Waals surface area contributed by atoms with E-state index in [0.717, 1.165) is 0 Å². The molecular weight excluding hydrogens is 294 g/mol. The first-order valence-electron chi connectivity index (χ1n) is 5.23. The van der Waals surface area contributed by atoms with Crippen molar-refractivity contribution in [3.63, 3.8) is 0 Å². The molecule has 0 aliphatic heterocycles. The quantitative estimate of drug-likeness (QED) is 0.834. The summed E-state index contributed by atoms with van der Waals surface area (Å²) in [5.41, 5.74) is 0. The number of carboxylic acid groups (broad SMARTS) is 1. The van der Waals surface area contributed by atoms with E-state index in [1.807, 2.05) is 0 Å². The number of halogens is 1. The lowest BCUT2D eigenvalue weighted by Crippen LogP contribution is -2.41. The summed E-state index contributed by atoms with van der Waals surface area (Å²) in [4.78, 5) is 21.9. The van der Waals surface area contributed by atoms with E-state index >= 15 is 0 Å². The number of hydrogen-bond acceptors (Lipinski definition) is 4. The average molecular weight is 306 g/mol. The van der Waals surface area contributed by atoms with E-state index in [1.165, 1.54) is 31.2 Å². The Labute approximate surface area is 115 Å². The van der Waals surface area contributed by atoms with Crippen molar-refractivity contribution in [1.29, 1.82) is 0 Å². The highest BCUT2D eigenvalue weighted by molar-refractivity contribution is 7.92. The van der Waals surface area contributed by atoms with Gasteiger partial charge in [-0.1, -0.05) is 11.6 Å². The van der Waals surface area contributed by atoms with Crippen LogP contribution in [0.5, 0.6) is 0 Å². The van der Waals surface area contributed by atoms with Crippen LogP contribution in [-0.2, 0) is 19.4 Å². The summed E-state index contributed by atoms with van der Waals surface area (Å²) in [5.74, 6) is -2.92. The zero-order chi connectivity index (χ0) is 14.6. The molecule has 8 heteroatoms. The lowest BCUT2D eigenvalue weighted by Gasteiger charge is -2.09. The van der Waals surface area contributed by atoms with Crippen molar-refractivity contribution >= 4 is 33.3 Å². The molecule has 0 aromatic heterocycles. The van der Waals surface area contributed by atoms with Crippen LogP contribution in [0, 0.1) is 0 Å². The molecule has 104 valence electrons. The first-order valence-corrected chi connectivity index (χ1v) is 7.26. The van der Waals surface area contributed by atoms with Gasteiger partial charge < -0.3 is 10.4 Å². The molecule has 1 unspecified atom stereocenters. The number of carboxylic acids is 1. The van der Waals surface area contributed by atoms with Crippen LogP contribution >= 0.6 is 11.6 Å². The Hall–Kier alpha value is -1.60. The fraction of sp³-hybridized carbons (Fsp3) is 0.273. The molecule has 0 aliphatic rings. The van der Waals surface area contributed by atoms with Crippen molar-refractivity contribution in [2.24, 2.45) is 0 Å². The van der Waals surface area contributed by atoms with Gasteiger partial charge in [0.2, 0.25) is 5.91 Å². The number of carbonyl (C=O) groups excluding carboxylic acids is 1. The molecule has 1 aromatic rings. The third-order valence-electron chi connectivity index (χ3n) is 2.24. The summed E-state index contributed by atoms with van der Waals surface area (Å²) >= 11 is 5.63. The molecule has 1 atom stereocenters. The number of amides is 1. The van der Waals surface area contributed by atoms with Crippen LogP contribution in [0.3, 0.4) is 0 Å². The molecular formula is C11H12ClNO5S. The third-order valence-corrected chi connectivity index (χ3v) is 4.13. The Morgan fingerprint density at radius 2 is 1.84 bits per heavy atom. The molecule has 1 aromatic carbocycles. The summed E-state index contributed by atoms with van der Waals surface area (Å²) < 4.78 is 23.7. The second kappa shape index (κ2) is 6.03. The monoisotopic (exact) mass is 305 g/mol. The molecule has 0 fully saturated rings. The number of rotatable bonds is 5. The topological polar surface area (TPSA) is 101 Å². The molecule has 0 saturated heterocycles. The minimum Gasteiger partial charge on any atom is -0.480 e. The van der Waals surface area contributed by atoms with Crippen molar-refractivity contribution in [2.45, 2.75) is 17.9 Å². The van der Waals surface area contributed by atoms with Gasteiger partial charge in [-0.3, -0.25) is 9.59 Å². The van der Waals surface area contributed by atoms with Crippen LogP contribution < -0.4 is 5.32 Å². The minimum atomic E-state index is -3.81. The van der Waals surface area contributed by atoms with Crippen LogP contribution in [0.25, 0.3) is 0 Å². The van der Waals surface area contributed by atoms with Crippen LogP contribution in [-0.4, -0.2) is 37.2 Å². The lowest BCUT2D eigenvalue weighted by molar-refractivity contribution is -0.140. The molecule has 0 spiro atoms. The number of hydrogen-bond donors (Lipinski definition) is 2. The highest BCUT2D eigenvalue weighted by atomic mass is 35.5. The summed E-state index contributed by atoms with van der Waals surface area (Å²) in [5, 5.41) is 11.0. The predicted molar refractivity (Wildman–Crippen MR) is 68.7 cm³/mol. The molecule has 1 amide bonds. The summed E-state index contributed by atoms with van der Waals surface area (Å²) in [7, 11) is -3.81. The van der Waals surface area contributed by atoms with Gasteiger partial charge in [0.05, 0.1) is 4.90 Å². The highest BCUT2D eigenvalue weighted by Gasteiger charge is 2.22. The molecule has 0 bridgehead atoms. The van der Waals surface area contributed by atoms with Crippen LogP contribution in [0.4, 0.5) is 0 Å². The van der Waals surface area contributed by atoms with E-state index in [0.29, 0.717) is 5.02 Å². The Morgan fingerprint density at radius 3 is 2.32 bits per heavy atom. The van der Waals surface area contributed by atoms with Gasteiger partial charge in [-0.05, 0) is 31.2 Å². The van der Waals surface area contributed by atoms with Gasteiger partial charge >= 0.3 is 5.97 Å². The molecule has 1 rings (SSSR count). The summed E-state index contributed by atoms with van der Waals surface area (Å²) in [6.07, 6.45) is 0. The maximum Gasteiger partial charge on any atom is 0.325 e. The Balaban J connectivity index is 2.77. The second-order valence-corrected chi connectivity index (χ2v) is 6.27. The number of carbonyl (C=O) groups is 2. The van der Waals surface area contributed by atoms with Gasteiger partial charge in [-0.25, -0.2) is 8.42 Å². The number of nitrogens with one attached hydrogen (secondary N) is 1. The molecule has 0 heterocycles. The largest absolute Gasteiger partial charge is 0.480 e. The minimum absolute atomic E-state index is 0.0463. The van der Waals surface area contributed by atoms with Gasteiger partial charge in [0.25, 0.3) is 0 Å². The maximum absolute atomic E-state index is 11.9. The molecule has 19 heavy (non-hydrogen) atoms. The van der Waals surface area contributed by atoms with E-state index in [4.69, 9.17) is 16.7 Å². The van der Waals surface area contributed by atoms with Gasteiger partial charge in [-0.2, -0.15) is 0 Å². The van der Waals surface area contributed by atoms with Gasteiger partial charge in [-0.15, -0.1) is 0 Å². The van der Waals surface area contributed by atoms with Crippen LogP contribution in [0.1, 0.15) is 6.92 Å². The van der Waals surface area contributed by atoms with Gasteiger partial charge in [0, 0.05) is 5.02 Å². The third kappa shape index (κ3) is 4.53. The fourth-order valence-electron chi connectivity index (χ4n) is 1.24. The van der Waals surface area contributed by atoms with Crippen molar-refractivity contribution in [2.75, 3.05) is 5.75 Å². The van der Waals surface area contributed by atoms with Gasteiger partial charge in [0.1, 0.15) is 11.8 Å². The SMILES string of the molecule is CC(NC(=O)CS(=O)(=O)c1ccc(Cl)cc1)C(=O)O. The normalized spacial score (nSPS) is 12.7. The molecule has 0 aliphatic carbocycles. The summed E-state index contributed by atoms with van der Waals surface area (Å²) in [6, 6.07) is 4.21. The Bertz CT molecular complexity index is 582. The first-order chi connectivity index (χ1) is 8.72. The van der Waals surface area contributed by atoms with Crippen LogP contribution in [0.2, 0.25) is 5.02 Å². The van der Waals surface area contributed by atoms with Crippen molar-refractivity contribution in [1.82, 2.24) is 5.32 Å². The molecule has 6 nitrogen and oxygen atoms in total. The van der Waals surface area contributed by atoms with E-state index in [1.54, 1.807) is 0 Å². The molecule has 0 radical (unpaired) electrons. The average Bonchev–Trinajstić information content (AvgIpc) is 2.28. The second-order valence-electron chi connectivity index (χ2n) is 3.84. The molecule has 0 saturated carbocycles. The van der Waals surface area contributed by atoms with Gasteiger partial charge in [0.15, 0.2) is 9.84 Å². The number of sulfone groups is 1. The number of benzene rings is 1. The lowest BCUT2D eigenvalue weighted by atomic mass is 10.3. The smallest absolute Gasteiger partial charge is 0.325 e. The van der Waals surface area contributed by atoms with E-state index in [2.05, 4.69) is 5.32 Å². The van der Waals surface area contributed by atoms with E-state index < -0.39 is 33.5 Å². The fourth-order valence-corrected chi connectivity index (χ4v) is 2.51. The van der Waals surface area contributed by atoms with Crippen molar-refractivity contribution in [3.05, 3.63) is 29.3 Å². The predicted octanol–water partition coefficient (Wildman–Crippen LogP) is 0.703. The van der Waals surface area contributed by atoms with Crippen LogP contribution in [0.15, 0.2) is 29.2 Å². The van der Waals surface area contributed by atoms with E-state index in [-0.39, 0.29) is 4.90 Å². The Morgan fingerprint density at radius 1 is 1.32 bits per heavy atom. The maximum atomic E-state index is 11.9.